The first kappa shape index (κ1) is 18.5. The second-order valence-corrected chi connectivity index (χ2v) is 6.06. The molecule has 3 aromatic carbocycles. The van der Waals surface area contributed by atoms with Gasteiger partial charge in [-0.05, 0) is 48.0 Å². The van der Waals surface area contributed by atoms with Gasteiger partial charge in [0, 0.05) is 11.1 Å². The maximum atomic E-state index is 12.6. The number of methoxy groups -OCH3 is 2. The van der Waals surface area contributed by atoms with Gasteiger partial charge in [-0.3, -0.25) is 4.79 Å². The van der Waals surface area contributed by atoms with Crippen molar-refractivity contribution in [2.75, 3.05) is 14.2 Å². The van der Waals surface area contributed by atoms with Gasteiger partial charge in [-0.25, -0.2) is 4.79 Å². The highest BCUT2D eigenvalue weighted by Gasteiger charge is 2.17. The lowest BCUT2D eigenvalue weighted by Gasteiger charge is -2.13. The smallest absolute Gasteiger partial charge is 0.342 e. The molecule has 0 fully saturated rings. The molecule has 0 unspecified atom stereocenters. The molecule has 0 amide bonds. The van der Waals surface area contributed by atoms with E-state index in [9.17, 15) is 9.59 Å². The minimum Gasteiger partial charge on any atom is -0.496 e. The SMILES string of the molecule is COc1ccc(C(C)=O)cc1COC(=O)c1cc2ccccc2cc1OC. The zero-order chi connectivity index (χ0) is 19.4. The maximum Gasteiger partial charge on any atom is 0.342 e. The summed E-state index contributed by atoms with van der Waals surface area (Å²) >= 11 is 0. The molecule has 3 rings (SSSR count). The van der Waals surface area contributed by atoms with Gasteiger partial charge in [0.2, 0.25) is 0 Å². The van der Waals surface area contributed by atoms with E-state index in [0.29, 0.717) is 28.2 Å². The summed E-state index contributed by atoms with van der Waals surface area (Å²) in [5, 5.41) is 1.89. The number of Topliss-reactive ketones (excluding diaryl/α,β-unsaturated/α-hetero) is 1. The van der Waals surface area contributed by atoms with Crippen LogP contribution in [0.1, 0.15) is 33.2 Å². The summed E-state index contributed by atoms with van der Waals surface area (Å²) in [6.45, 7) is 1.47. The molecular formula is C22H20O5. The molecule has 0 atom stereocenters. The van der Waals surface area contributed by atoms with E-state index in [0.717, 1.165) is 10.8 Å². The second kappa shape index (κ2) is 7.91. The van der Waals surface area contributed by atoms with Gasteiger partial charge in [0.05, 0.1) is 14.2 Å². The van der Waals surface area contributed by atoms with Gasteiger partial charge in [-0.2, -0.15) is 0 Å². The van der Waals surface area contributed by atoms with Gasteiger partial charge in [0.25, 0.3) is 0 Å². The average Bonchev–Trinajstić information content (AvgIpc) is 2.70. The van der Waals surface area contributed by atoms with Crippen LogP contribution < -0.4 is 9.47 Å². The van der Waals surface area contributed by atoms with Crippen molar-refractivity contribution >= 4 is 22.5 Å². The summed E-state index contributed by atoms with van der Waals surface area (Å²) in [7, 11) is 3.04. The number of carbonyl (C=O) groups is 2. The molecule has 0 aliphatic heterocycles. The van der Waals surface area contributed by atoms with Crippen molar-refractivity contribution in [3.05, 3.63) is 71.3 Å². The first-order valence-electron chi connectivity index (χ1n) is 8.45. The summed E-state index contributed by atoms with van der Waals surface area (Å²) in [4.78, 5) is 24.2. The van der Waals surface area contributed by atoms with Crippen LogP contribution in [0.4, 0.5) is 0 Å². The summed E-state index contributed by atoms with van der Waals surface area (Å²) < 4.78 is 16.1. The molecule has 0 saturated heterocycles. The van der Waals surface area contributed by atoms with Crippen molar-refractivity contribution < 1.29 is 23.8 Å². The molecule has 5 nitrogen and oxygen atoms in total. The van der Waals surface area contributed by atoms with E-state index in [1.165, 1.54) is 21.1 Å². The predicted octanol–water partition coefficient (Wildman–Crippen LogP) is 4.42. The number of ether oxygens (including phenoxy) is 3. The molecule has 0 spiro atoms. The number of rotatable bonds is 6. The Morgan fingerprint density at radius 3 is 2.15 bits per heavy atom. The van der Waals surface area contributed by atoms with E-state index in [-0.39, 0.29) is 12.4 Å². The highest BCUT2D eigenvalue weighted by Crippen LogP contribution is 2.27. The van der Waals surface area contributed by atoms with E-state index in [1.807, 2.05) is 30.3 Å². The Kier molecular flexibility index (Phi) is 5.41. The molecule has 0 heterocycles. The van der Waals surface area contributed by atoms with Crippen molar-refractivity contribution in [1.82, 2.24) is 0 Å². The fraction of sp³-hybridized carbons (Fsp3) is 0.182. The molecule has 27 heavy (non-hydrogen) atoms. The van der Waals surface area contributed by atoms with Gasteiger partial charge >= 0.3 is 5.97 Å². The Hall–Kier alpha value is -3.34. The molecule has 0 saturated carbocycles. The molecule has 0 aliphatic carbocycles. The van der Waals surface area contributed by atoms with Crippen LogP contribution in [0.25, 0.3) is 10.8 Å². The quantitative estimate of drug-likeness (QED) is 0.479. The number of fused-ring (bicyclic) bond motifs is 1. The lowest BCUT2D eigenvalue weighted by atomic mass is 10.1. The Balaban J connectivity index is 1.87. The molecule has 5 heteroatoms. The van der Waals surface area contributed by atoms with Crippen LogP contribution in [0, 0.1) is 0 Å². The molecular weight excluding hydrogens is 344 g/mol. The lowest BCUT2D eigenvalue weighted by Crippen LogP contribution is -2.08. The second-order valence-electron chi connectivity index (χ2n) is 6.06. The van der Waals surface area contributed by atoms with Gasteiger partial charge in [0.1, 0.15) is 23.7 Å². The maximum absolute atomic E-state index is 12.6. The summed E-state index contributed by atoms with van der Waals surface area (Å²) in [5.41, 5.74) is 1.50. The van der Waals surface area contributed by atoms with Crippen molar-refractivity contribution in [3.8, 4) is 11.5 Å². The highest BCUT2D eigenvalue weighted by molar-refractivity contribution is 5.98. The first-order chi connectivity index (χ1) is 13.0. The van der Waals surface area contributed by atoms with Gasteiger partial charge in [-0.1, -0.05) is 24.3 Å². The van der Waals surface area contributed by atoms with E-state index in [2.05, 4.69) is 0 Å². The van der Waals surface area contributed by atoms with Crippen LogP contribution >= 0.6 is 0 Å². The minimum atomic E-state index is -0.507. The lowest BCUT2D eigenvalue weighted by molar-refractivity contribution is 0.0466. The number of ketones is 1. The zero-order valence-corrected chi connectivity index (χ0v) is 15.4. The largest absolute Gasteiger partial charge is 0.496 e. The zero-order valence-electron chi connectivity index (χ0n) is 15.4. The van der Waals surface area contributed by atoms with Crippen LogP contribution in [0.15, 0.2) is 54.6 Å². The van der Waals surface area contributed by atoms with Gasteiger partial charge in [-0.15, -0.1) is 0 Å². The topological polar surface area (TPSA) is 61.8 Å². The Morgan fingerprint density at radius 2 is 1.52 bits per heavy atom. The molecule has 0 bridgehead atoms. The van der Waals surface area contributed by atoms with Crippen molar-refractivity contribution in [2.24, 2.45) is 0 Å². The fourth-order valence-corrected chi connectivity index (χ4v) is 2.88. The fourth-order valence-electron chi connectivity index (χ4n) is 2.88. The van der Waals surface area contributed by atoms with Crippen LogP contribution in [-0.4, -0.2) is 26.0 Å². The highest BCUT2D eigenvalue weighted by atomic mass is 16.5. The third kappa shape index (κ3) is 3.92. The van der Waals surface area contributed by atoms with Crippen LogP contribution in [0.5, 0.6) is 11.5 Å². The van der Waals surface area contributed by atoms with E-state index in [4.69, 9.17) is 14.2 Å². The number of hydrogen-bond acceptors (Lipinski definition) is 5. The molecule has 0 aliphatic rings. The minimum absolute atomic E-state index is 0.0148. The average molecular weight is 364 g/mol. The Labute approximate surface area is 157 Å². The third-order valence-electron chi connectivity index (χ3n) is 4.33. The normalized spacial score (nSPS) is 10.5. The molecule has 0 aromatic heterocycles. The van der Waals surface area contributed by atoms with Crippen LogP contribution in [0.3, 0.4) is 0 Å². The first-order valence-corrected chi connectivity index (χ1v) is 8.45. The number of benzene rings is 3. The Bertz CT molecular complexity index is 1010. The van der Waals surface area contributed by atoms with Gasteiger partial charge in [0.15, 0.2) is 5.78 Å². The predicted molar refractivity (Wildman–Crippen MR) is 103 cm³/mol. The monoisotopic (exact) mass is 364 g/mol. The standard InChI is InChI=1S/C22H20O5/c1-14(23)15-8-9-20(25-2)18(10-15)13-27-22(24)19-11-16-6-4-5-7-17(16)12-21(19)26-3/h4-12H,13H2,1-3H3. The van der Waals surface area contributed by atoms with Crippen LogP contribution in [0.2, 0.25) is 0 Å². The Morgan fingerprint density at radius 1 is 0.852 bits per heavy atom. The van der Waals surface area contributed by atoms with Gasteiger partial charge < -0.3 is 14.2 Å². The summed E-state index contributed by atoms with van der Waals surface area (Å²) in [6.07, 6.45) is 0. The van der Waals surface area contributed by atoms with Crippen molar-refractivity contribution in [2.45, 2.75) is 13.5 Å². The molecule has 0 radical (unpaired) electrons. The van der Waals surface area contributed by atoms with Crippen molar-refractivity contribution in [1.29, 1.82) is 0 Å². The number of esters is 1. The number of carbonyl (C=O) groups excluding carboxylic acids is 2. The van der Waals surface area contributed by atoms with E-state index < -0.39 is 5.97 Å². The van der Waals surface area contributed by atoms with E-state index >= 15 is 0 Å². The van der Waals surface area contributed by atoms with Crippen LogP contribution in [-0.2, 0) is 11.3 Å². The molecule has 0 N–H and O–H groups in total. The van der Waals surface area contributed by atoms with Crippen molar-refractivity contribution in [3.63, 3.8) is 0 Å². The third-order valence-corrected chi connectivity index (χ3v) is 4.33. The van der Waals surface area contributed by atoms with E-state index in [1.54, 1.807) is 24.3 Å². The molecule has 3 aromatic rings. The summed E-state index contributed by atoms with van der Waals surface area (Å²) in [5.74, 6) is 0.427. The number of hydrogen-bond donors (Lipinski definition) is 0. The summed E-state index contributed by atoms with van der Waals surface area (Å²) in [6, 6.07) is 16.3. The molecule has 138 valence electrons.